The Morgan fingerprint density at radius 1 is 1.44 bits per heavy atom. The maximum Gasteiger partial charge on any atom is 0.0556 e. The molecule has 2 nitrogen and oxygen atoms in total. The lowest BCUT2D eigenvalue weighted by Gasteiger charge is -2.17. The van der Waals surface area contributed by atoms with Crippen LogP contribution in [-0.4, -0.2) is 16.0 Å². The van der Waals surface area contributed by atoms with Crippen molar-refractivity contribution in [1.82, 2.24) is 0 Å². The van der Waals surface area contributed by atoms with Crippen LogP contribution in [0.2, 0.25) is 0 Å². The summed E-state index contributed by atoms with van der Waals surface area (Å²) >= 11 is 3.41. The van der Waals surface area contributed by atoms with E-state index in [-0.39, 0.29) is 6.04 Å². The summed E-state index contributed by atoms with van der Waals surface area (Å²) in [5.74, 6) is 0.934. The fourth-order valence-electron chi connectivity index (χ4n) is 1.36. The molecule has 0 saturated heterocycles. The number of nitrogens with two attached hydrogens (primary N) is 1. The van der Waals surface area contributed by atoms with Gasteiger partial charge >= 0.3 is 0 Å². The lowest BCUT2D eigenvalue weighted by molar-refractivity contribution is 0.472. The molecular formula is C12H18BrNOS. The third-order valence-electron chi connectivity index (χ3n) is 2.80. The van der Waals surface area contributed by atoms with Gasteiger partial charge in [-0.2, -0.15) is 0 Å². The summed E-state index contributed by atoms with van der Waals surface area (Å²) in [4.78, 5) is 0.834. The SMILES string of the molecule is CCC(C)C(N)CS(=O)c1ccccc1Br. The van der Waals surface area contributed by atoms with E-state index >= 15 is 0 Å². The lowest BCUT2D eigenvalue weighted by Crippen LogP contribution is -2.33. The topological polar surface area (TPSA) is 43.1 Å². The van der Waals surface area contributed by atoms with Crippen LogP contribution < -0.4 is 5.73 Å². The average molecular weight is 304 g/mol. The molecule has 2 N–H and O–H groups in total. The van der Waals surface area contributed by atoms with Crippen LogP contribution in [0.5, 0.6) is 0 Å². The first-order valence-corrected chi connectivity index (χ1v) is 7.56. The van der Waals surface area contributed by atoms with Gasteiger partial charge < -0.3 is 5.73 Å². The van der Waals surface area contributed by atoms with E-state index in [2.05, 4.69) is 29.8 Å². The molecule has 0 aliphatic carbocycles. The van der Waals surface area contributed by atoms with Gasteiger partial charge in [-0.25, -0.2) is 0 Å². The summed E-state index contributed by atoms with van der Waals surface area (Å²) in [6.07, 6.45) is 1.02. The lowest BCUT2D eigenvalue weighted by atomic mass is 10.0. The van der Waals surface area contributed by atoms with Crippen LogP contribution in [0.1, 0.15) is 20.3 Å². The Balaban J connectivity index is 2.70. The fraction of sp³-hybridized carbons (Fsp3) is 0.500. The van der Waals surface area contributed by atoms with E-state index in [1.807, 2.05) is 24.3 Å². The van der Waals surface area contributed by atoms with Gasteiger partial charge in [-0.05, 0) is 34.0 Å². The molecule has 3 unspecified atom stereocenters. The van der Waals surface area contributed by atoms with Crippen LogP contribution in [-0.2, 0) is 10.8 Å². The zero-order valence-corrected chi connectivity index (χ0v) is 12.1. The van der Waals surface area contributed by atoms with Crippen molar-refractivity contribution in [3.63, 3.8) is 0 Å². The highest BCUT2D eigenvalue weighted by Gasteiger charge is 2.16. The van der Waals surface area contributed by atoms with Crippen LogP contribution >= 0.6 is 15.9 Å². The molecule has 0 fully saturated rings. The summed E-state index contributed by atoms with van der Waals surface area (Å²) in [5, 5.41) is 0. The normalized spacial score (nSPS) is 16.8. The quantitative estimate of drug-likeness (QED) is 0.909. The molecular weight excluding hydrogens is 286 g/mol. The molecule has 0 amide bonds. The van der Waals surface area contributed by atoms with E-state index in [4.69, 9.17) is 5.73 Å². The standard InChI is InChI=1S/C12H18BrNOS/c1-3-9(2)11(14)8-16(15)12-7-5-4-6-10(12)13/h4-7,9,11H,3,8,14H2,1-2H3. The molecule has 0 heterocycles. The third kappa shape index (κ3) is 3.68. The van der Waals surface area contributed by atoms with Crippen LogP contribution in [0.15, 0.2) is 33.6 Å². The van der Waals surface area contributed by atoms with Crippen molar-refractivity contribution in [2.24, 2.45) is 11.7 Å². The Labute approximate surface area is 108 Å². The maximum atomic E-state index is 12.1. The van der Waals surface area contributed by atoms with Gasteiger partial charge in [-0.3, -0.25) is 4.21 Å². The van der Waals surface area contributed by atoms with Crippen LogP contribution in [0.3, 0.4) is 0 Å². The molecule has 16 heavy (non-hydrogen) atoms. The highest BCUT2D eigenvalue weighted by atomic mass is 79.9. The van der Waals surface area contributed by atoms with E-state index in [0.717, 1.165) is 15.8 Å². The molecule has 0 bridgehead atoms. The fourth-order valence-corrected chi connectivity index (χ4v) is 3.56. The molecule has 0 aliphatic rings. The number of halogens is 1. The predicted molar refractivity (Wildman–Crippen MR) is 72.8 cm³/mol. The Hall–Kier alpha value is -0.190. The van der Waals surface area contributed by atoms with E-state index in [0.29, 0.717) is 11.7 Å². The zero-order chi connectivity index (χ0) is 12.1. The highest BCUT2D eigenvalue weighted by molar-refractivity contribution is 9.10. The number of rotatable bonds is 5. The first-order chi connectivity index (χ1) is 7.56. The molecule has 1 aromatic rings. The molecule has 4 heteroatoms. The van der Waals surface area contributed by atoms with Gasteiger partial charge in [-0.1, -0.05) is 32.4 Å². The van der Waals surface area contributed by atoms with Crippen molar-refractivity contribution in [3.8, 4) is 0 Å². The molecule has 0 aliphatic heterocycles. The monoisotopic (exact) mass is 303 g/mol. The largest absolute Gasteiger partial charge is 0.327 e. The molecule has 0 spiro atoms. The second-order valence-corrected chi connectivity index (χ2v) is 6.31. The Kier molecular flexibility index (Phi) is 5.66. The van der Waals surface area contributed by atoms with Crippen molar-refractivity contribution in [2.45, 2.75) is 31.2 Å². The molecule has 1 rings (SSSR count). The smallest absolute Gasteiger partial charge is 0.0556 e. The van der Waals surface area contributed by atoms with Crippen molar-refractivity contribution in [2.75, 3.05) is 5.75 Å². The molecule has 0 radical (unpaired) electrons. The maximum absolute atomic E-state index is 12.1. The first kappa shape index (κ1) is 13.9. The summed E-state index contributed by atoms with van der Waals surface area (Å²) in [5.41, 5.74) is 6.01. The minimum atomic E-state index is -1.02. The molecule has 0 saturated carbocycles. The van der Waals surface area contributed by atoms with Gasteiger partial charge in [-0.15, -0.1) is 0 Å². The van der Waals surface area contributed by atoms with Crippen molar-refractivity contribution < 1.29 is 4.21 Å². The van der Waals surface area contributed by atoms with Crippen molar-refractivity contribution >= 4 is 26.7 Å². The van der Waals surface area contributed by atoms with Crippen LogP contribution in [0.25, 0.3) is 0 Å². The Morgan fingerprint density at radius 2 is 2.06 bits per heavy atom. The molecule has 0 aromatic heterocycles. The minimum Gasteiger partial charge on any atom is -0.327 e. The third-order valence-corrected chi connectivity index (χ3v) is 5.29. The van der Waals surface area contributed by atoms with E-state index in [1.165, 1.54) is 0 Å². The second-order valence-electron chi connectivity index (χ2n) is 3.99. The van der Waals surface area contributed by atoms with Gasteiger partial charge in [0.25, 0.3) is 0 Å². The Morgan fingerprint density at radius 3 is 2.62 bits per heavy atom. The summed E-state index contributed by atoms with van der Waals surface area (Å²) in [6, 6.07) is 7.59. The molecule has 90 valence electrons. The van der Waals surface area contributed by atoms with E-state index in [9.17, 15) is 4.21 Å². The first-order valence-electron chi connectivity index (χ1n) is 5.44. The molecule has 1 aromatic carbocycles. The predicted octanol–water partition coefficient (Wildman–Crippen LogP) is 2.93. The number of hydrogen-bond donors (Lipinski definition) is 1. The van der Waals surface area contributed by atoms with E-state index < -0.39 is 10.8 Å². The van der Waals surface area contributed by atoms with Crippen LogP contribution in [0, 0.1) is 5.92 Å². The molecule has 3 atom stereocenters. The zero-order valence-electron chi connectivity index (χ0n) is 9.65. The summed E-state index contributed by atoms with van der Waals surface area (Å²) < 4.78 is 13.0. The van der Waals surface area contributed by atoms with Gasteiger partial charge in [0.15, 0.2) is 0 Å². The highest BCUT2D eigenvalue weighted by Crippen LogP contribution is 2.21. The second kappa shape index (κ2) is 6.52. The van der Waals surface area contributed by atoms with Gasteiger partial charge in [0, 0.05) is 16.3 Å². The average Bonchev–Trinajstić information content (AvgIpc) is 2.28. The van der Waals surface area contributed by atoms with Crippen molar-refractivity contribution in [3.05, 3.63) is 28.7 Å². The Bertz CT molecular complexity index is 370. The minimum absolute atomic E-state index is 0.00191. The van der Waals surface area contributed by atoms with E-state index in [1.54, 1.807) is 0 Å². The van der Waals surface area contributed by atoms with Gasteiger partial charge in [0.05, 0.1) is 15.7 Å². The van der Waals surface area contributed by atoms with Gasteiger partial charge in [0.2, 0.25) is 0 Å². The van der Waals surface area contributed by atoms with Crippen LogP contribution in [0.4, 0.5) is 0 Å². The number of benzene rings is 1. The van der Waals surface area contributed by atoms with Crippen molar-refractivity contribution in [1.29, 1.82) is 0 Å². The summed E-state index contributed by atoms with van der Waals surface area (Å²) in [6.45, 7) is 4.20. The summed E-state index contributed by atoms with van der Waals surface area (Å²) in [7, 11) is -1.02. The number of hydrogen-bond acceptors (Lipinski definition) is 2. The van der Waals surface area contributed by atoms with Gasteiger partial charge in [0.1, 0.15) is 0 Å².